The molecule has 174 valence electrons. The number of amides is 1. The monoisotopic (exact) mass is 474 g/mol. The van der Waals surface area contributed by atoms with E-state index in [0.717, 1.165) is 40.8 Å². The number of ketones is 1. The molecule has 1 atom stereocenters. The molecule has 0 fully saturated rings. The van der Waals surface area contributed by atoms with Crippen LogP contribution < -0.4 is 14.8 Å². The van der Waals surface area contributed by atoms with Crippen molar-refractivity contribution >= 4 is 33.9 Å². The third kappa shape index (κ3) is 4.43. The van der Waals surface area contributed by atoms with Crippen LogP contribution in [0.4, 0.5) is 0 Å². The number of hydrogen-bond acceptors (Lipinski definition) is 5. The summed E-state index contributed by atoms with van der Waals surface area (Å²) in [6.45, 7) is 3.42. The minimum absolute atomic E-state index is 0.0241. The van der Waals surface area contributed by atoms with Gasteiger partial charge in [0, 0.05) is 29.1 Å². The second-order valence-electron chi connectivity index (χ2n) is 8.28. The van der Waals surface area contributed by atoms with Crippen molar-refractivity contribution in [3.63, 3.8) is 0 Å². The zero-order valence-electron chi connectivity index (χ0n) is 19.0. The first-order valence-electron chi connectivity index (χ1n) is 11.5. The van der Waals surface area contributed by atoms with E-state index in [-0.39, 0.29) is 24.3 Å². The molecule has 5 rings (SSSR count). The van der Waals surface area contributed by atoms with Gasteiger partial charge in [0.1, 0.15) is 6.54 Å². The third-order valence-corrected chi connectivity index (χ3v) is 6.88. The average Bonchev–Trinajstić information content (AvgIpc) is 3.45. The topological polar surface area (TPSA) is 69.6 Å². The Bertz CT molecular complexity index is 1330. The fourth-order valence-corrected chi connectivity index (χ4v) is 4.99. The van der Waals surface area contributed by atoms with Crippen molar-refractivity contribution in [2.45, 2.75) is 32.4 Å². The summed E-state index contributed by atoms with van der Waals surface area (Å²) in [6.07, 6.45) is 3.38. The van der Waals surface area contributed by atoms with Gasteiger partial charge in [0.2, 0.25) is 11.7 Å². The maximum absolute atomic E-state index is 13.1. The number of carbonyl (C=O) groups excluding carboxylic acids is 2. The molecule has 7 heteroatoms. The predicted octanol–water partition coefficient (Wildman–Crippen LogP) is 5.36. The van der Waals surface area contributed by atoms with Crippen molar-refractivity contribution < 1.29 is 19.1 Å². The van der Waals surface area contributed by atoms with Crippen molar-refractivity contribution in [2.75, 3.05) is 13.2 Å². The first kappa shape index (κ1) is 22.2. The lowest BCUT2D eigenvalue weighted by Gasteiger charge is -2.19. The fraction of sp³-hybridized carbons (Fsp3) is 0.259. The Hall–Kier alpha value is -3.58. The molecule has 0 aliphatic carbocycles. The summed E-state index contributed by atoms with van der Waals surface area (Å²) in [5.41, 5.74) is 2.45. The molecule has 1 N–H and O–H groups in total. The Labute approximate surface area is 202 Å². The van der Waals surface area contributed by atoms with Gasteiger partial charge in [-0.1, -0.05) is 37.3 Å². The number of para-hydroxylation sites is 1. The summed E-state index contributed by atoms with van der Waals surface area (Å²) >= 11 is 1.42. The minimum atomic E-state index is -0.154. The van der Waals surface area contributed by atoms with E-state index >= 15 is 0 Å². The van der Waals surface area contributed by atoms with Crippen LogP contribution in [-0.4, -0.2) is 29.5 Å². The number of aromatic nitrogens is 1. The molecule has 34 heavy (non-hydrogen) atoms. The molecule has 0 saturated carbocycles. The maximum atomic E-state index is 13.1. The van der Waals surface area contributed by atoms with E-state index in [1.54, 1.807) is 6.20 Å². The van der Waals surface area contributed by atoms with Crippen molar-refractivity contribution in [3.05, 3.63) is 82.2 Å². The molecule has 0 spiro atoms. The van der Waals surface area contributed by atoms with Gasteiger partial charge in [-0.15, -0.1) is 11.3 Å². The molecule has 1 unspecified atom stereocenters. The fourth-order valence-electron chi connectivity index (χ4n) is 4.31. The van der Waals surface area contributed by atoms with Gasteiger partial charge in [-0.05, 0) is 41.6 Å². The highest BCUT2D eigenvalue weighted by molar-refractivity contribution is 7.12. The largest absolute Gasteiger partial charge is 0.490 e. The van der Waals surface area contributed by atoms with Crippen LogP contribution >= 0.6 is 11.3 Å². The second-order valence-corrected chi connectivity index (χ2v) is 9.23. The van der Waals surface area contributed by atoms with Crippen molar-refractivity contribution in [1.29, 1.82) is 0 Å². The number of rotatable bonds is 7. The number of carbonyl (C=O) groups is 2. The number of benzene rings is 2. The molecule has 0 bridgehead atoms. The molecule has 4 aromatic rings. The smallest absolute Gasteiger partial charge is 0.240 e. The number of hydrogen-bond donors (Lipinski definition) is 1. The molecule has 2 aromatic carbocycles. The van der Waals surface area contributed by atoms with Crippen molar-refractivity contribution in [1.82, 2.24) is 9.88 Å². The lowest BCUT2D eigenvalue weighted by molar-refractivity contribution is -0.122. The van der Waals surface area contributed by atoms with Crippen LogP contribution in [0.25, 0.3) is 10.9 Å². The summed E-state index contributed by atoms with van der Waals surface area (Å²) < 4.78 is 13.4. The Morgan fingerprint density at radius 1 is 1.06 bits per heavy atom. The van der Waals surface area contributed by atoms with Crippen LogP contribution in [0.2, 0.25) is 0 Å². The average molecular weight is 475 g/mol. The maximum Gasteiger partial charge on any atom is 0.240 e. The van der Waals surface area contributed by atoms with Crippen LogP contribution in [0.5, 0.6) is 11.5 Å². The number of fused-ring (bicyclic) bond motifs is 2. The van der Waals surface area contributed by atoms with Gasteiger partial charge in [0.05, 0.1) is 24.1 Å². The van der Waals surface area contributed by atoms with E-state index in [4.69, 9.17) is 9.47 Å². The van der Waals surface area contributed by atoms with E-state index in [9.17, 15) is 9.59 Å². The Morgan fingerprint density at radius 2 is 1.88 bits per heavy atom. The Kier molecular flexibility index (Phi) is 6.36. The van der Waals surface area contributed by atoms with E-state index in [1.165, 1.54) is 11.3 Å². The van der Waals surface area contributed by atoms with Crippen molar-refractivity contribution in [3.8, 4) is 11.5 Å². The number of nitrogens with one attached hydrogen (secondary N) is 1. The first-order valence-corrected chi connectivity index (χ1v) is 12.4. The zero-order valence-corrected chi connectivity index (χ0v) is 19.8. The standard InChI is InChI=1S/C27H26N2O4S/c1-2-21(18-10-11-23-24(15-18)33-13-6-12-32-23)28-26(30)17-29-16-20(19-7-3-4-8-22(19)29)27(31)25-9-5-14-34-25/h3-5,7-11,14-16,21H,2,6,12-13,17H2,1H3,(H,28,30). The van der Waals surface area contributed by atoms with Gasteiger partial charge < -0.3 is 19.4 Å². The molecule has 1 aliphatic rings. The van der Waals surface area contributed by atoms with Gasteiger partial charge in [-0.2, -0.15) is 0 Å². The Morgan fingerprint density at radius 3 is 2.68 bits per heavy atom. The molecule has 0 radical (unpaired) electrons. The summed E-state index contributed by atoms with van der Waals surface area (Å²) in [5, 5.41) is 5.89. The van der Waals surface area contributed by atoms with Crippen LogP contribution in [0, 0.1) is 0 Å². The second kappa shape index (κ2) is 9.73. The minimum Gasteiger partial charge on any atom is -0.490 e. The highest BCUT2D eigenvalue weighted by atomic mass is 32.1. The summed E-state index contributed by atoms with van der Waals surface area (Å²) in [7, 11) is 0. The van der Waals surface area contributed by atoms with E-state index in [1.807, 2.05) is 71.5 Å². The predicted molar refractivity (Wildman–Crippen MR) is 133 cm³/mol. The van der Waals surface area contributed by atoms with Crippen molar-refractivity contribution in [2.24, 2.45) is 0 Å². The summed E-state index contributed by atoms with van der Waals surface area (Å²) in [4.78, 5) is 26.8. The molecule has 3 heterocycles. The number of ether oxygens (including phenoxy) is 2. The number of thiophene rings is 1. The van der Waals surface area contributed by atoms with Crippen LogP contribution in [-0.2, 0) is 11.3 Å². The molecular formula is C27H26N2O4S. The Balaban J connectivity index is 1.36. The lowest BCUT2D eigenvalue weighted by Crippen LogP contribution is -2.31. The van der Waals surface area contributed by atoms with Crippen LogP contribution in [0.15, 0.2) is 66.2 Å². The van der Waals surface area contributed by atoms with E-state index in [2.05, 4.69) is 5.32 Å². The molecule has 2 aromatic heterocycles. The quantitative estimate of drug-likeness (QED) is 0.366. The SMILES string of the molecule is CCC(NC(=O)Cn1cc(C(=O)c2cccs2)c2ccccc21)c1ccc2c(c1)OCCCO2. The van der Waals surface area contributed by atoms with Gasteiger partial charge in [0.15, 0.2) is 11.5 Å². The normalized spacial score (nSPS) is 13.9. The van der Waals surface area contributed by atoms with E-state index in [0.29, 0.717) is 23.7 Å². The van der Waals surface area contributed by atoms with Gasteiger partial charge in [-0.25, -0.2) is 0 Å². The highest BCUT2D eigenvalue weighted by Crippen LogP contribution is 2.33. The molecule has 6 nitrogen and oxygen atoms in total. The van der Waals surface area contributed by atoms with Gasteiger partial charge >= 0.3 is 0 Å². The molecule has 1 amide bonds. The van der Waals surface area contributed by atoms with Crippen LogP contribution in [0.3, 0.4) is 0 Å². The first-order chi connectivity index (χ1) is 16.6. The highest BCUT2D eigenvalue weighted by Gasteiger charge is 2.20. The molecular weight excluding hydrogens is 448 g/mol. The number of nitrogens with zero attached hydrogens (tertiary/aromatic N) is 1. The molecule has 0 saturated heterocycles. The van der Waals surface area contributed by atoms with Crippen LogP contribution in [0.1, 0.15) is 46.6 Å². The summed E-state index contributed by atoms with van der Waals surface area (Å²) in [5.74, 6) is 1.32. The molecule has 1 aliphatic heterocycles. The summed E-state index contributed by atoms with van der Waals surface area (Å²) in [6, 6.07) is 17.1. The van der Waals surface area contributed by atoms with Gasteiger partial charge in [-0.3, -0.25) is 9.59 Å². The van der Waals surface area contributed by atoms with Gasteiger partial charge in [0.25, 0.3) is 0 Å². The third-order valence-electron chi connectivity index (χ3n) is 6.01. The zero-order chi connectivity index (χ0) is 23.5. The lowest BCUT2D eigenvalue weighted by atomic mass is 10.0. The van der Waals surface area contributed by atoms with E-state index < -0.39 is 0 Å².